The van der Waals surface area contributed by atoms with Crippen LogP contribution in [0.15, 0.2) is 24.3 Å². The number of ether oxygens (including phenoxy) is 1. The van der Waals surface area contributed by atoms with E-state index >= 15 is 0 Å². The van der Waals surface area contributed by atoms with E-state index in [1.807, 2.05) is 35.8 Å². The lowest BCUT2D eigenvalue weighted by molar-refractivity contribution is -0.140. The highest BCUT2D eigenvalue weighted by molar-refractivity contribution is 6.02. The van der Waals surface area contributed by atoms with Crippen LogP contribution in [0.2, 0.25) is 0 Å². The van der Waals surface area contributed by atoms with Crippen molar-refractivity contribution in [2.45, 2.75) is 64.6 Å². The first-order valence-electron chi connectivity index (χ1n) is 14.6. The minimum absolute atomic E-state index is 0.00124. The number of nitrogens with zero attached hydrogens (tertiary/aromatic N) is 4. The average molecular weight is 570 g/mol. The van der Waals surface area contributed by atoms with Gasteiger partial charge < -0.3 is 29.5 Å². The van der Waals surface area contributed by atoms with Gasteiger partial charge in [0.05, 0.1) is 6.61 Å². The van der Waals surface area contributed by atoms with Crippen molar-refractivity contribution in [1.82, 2.24) is 24.6 Å². The summed E-state index contributed by atoms with van der Waals surface area (Å²) in [6.45, 7) is 6.04. The molecule has 41 heavy (non-hydrogen) atoms. The minimum Gasteiger partial charge on any atom is -0.465 e. The van der Waals surface area contributed by atoms with E-state index in [2.05, 4.69) is 5.32 Å². The molecule has 2 fully saturated rings. The van der Waals surface area contributed by atoms with Crippen LogP contribution < -0.4 is 5.32 Å². The van der Waals surface area contributed by atoms with Crippen LogP contribution in [0.25, 0.3) is 10.9 Å². The number of carbonyl (C=O) groups is 4. The number of hydrogen-bond donors (Lipinski definition) is 2. The van der Waals surface area contributed by atoms with E-state index in [1.165, 1.54) is 14.0 Å². The summed E-state index contributed by atoms with van der Waals surface area (Å²) in [6.07, 6.45) is 3.56. The summed E-state index contributed by atoms with van der Waals surface area (Å²) >= 11 is 0. The van der Waals surface area contributed by atoms with Gasteiger partial charge in [0, 0.05) is 57.8 Å². The predicted octanol–water partition coefficient (Wildman–Crippen LogP) is 2.94. The Morgan fingerprint density at radius 3 is 2.32 bits per heavy atom. The Hall–Kier alpha value is -3.60. The predicted molar refractivity (Wildman–Crippen MR) is 155 cm³/mol. The molecule has 1 saturated carbocycles. The second-order valence-corrected chi connectivity index (χ2v) is 11.2. The number of aromatic nitrogens is 1. The molecule has 0 radical (unpaired) electrons. The third kappa shape index (κ3) is 6.50. The molecule has 0 spiro atoms. The minimum atomic E-state index is -1.20. The maximum absolute atomic E-state index is 13.8. The molecule has 4 amide bonds. The largest absolute Gasteiger partial charge is 0.465 e. The van der Waals surface area contributed by atoms with Gasteiger partial charge in [-0.15, -0.1) is 0 Å². The molecule has 2 heterocycles. The van der Waals surface area contributed by atoms with Crippen molar-refractivity contribution in [2.75, 3.05) is 46.9 Å². The van der Waals surface area contributed by atoms with Crippen LogP contribution in [-0.4, -0.2) is 107 Å². The zero-order chi connectivity index (χ0) is 29.7. The van der Waals surface area contributed by atoms with Crippen molar-refractivity contribution in [3.8, 4) is 0 Å². The fraction of sp³-hybridized carbons (Fsp3) is 0.600. The monoisotopic (exact) mass is 569 g/mol. The number of fused-ring (bicyclic) bond motifs is 1. The maximum Gasteiger partial charge on any atom is 0.407 e. The third-order valence-corrected chi connectivity index (χ3v) is 8.77. The quantitative estimate of drug-likeness (QED) is 0.479. The van der Waals surface area contributed by atoms with Crippen molar-refractivity contribution in [3.63, 3.8) is 0 Å². The van der Waals surface area contributed by atoms with Gasteiger partial charge in [-0.3, -0.25) is 19.3 Å². The SMILES string of the molecule is COCCn1c(C(=O)N2CCN(C(=O)[C@@H](NC(=O)[C@H](C)N(C)C(=O)O)C3CCCCC3)CC2)c(C)c2ccccc21. The summed E-state index contributed by atoms with van der Waals surface area (Å²) in [5.41, 5.74) is 2.57. The fourth-order valence-corrected chi connectivity index (χ4v) is 6.11. The van der Waals surface area contributed by atoms with Crippen molar-refractivity contribution < 1.29 is 29.0 Å². The number of amides is 4. The number of rotatable bonds is 9. The molecule has 11 nitrogen and oxygen atoms in total. The molecule has 1 saturated heterocycles. The van der Waals surface area contributed by atoms with E-state index in [4.69, 9.17) is 4.74 Å². The highest BCUT2D eigenvalue weighted by atomic mass is 16.5. The molecule has 11 heteroatoms. The van der Waals surface area contributed by atoms with Crippen LogP contribution in [0.1, 0.15) is 55.1 Å². The van der Waals surface area contributed by atoms with Gasteiger partial charge in [0.2, 0.25) is 11.8 Å². The van der Waals surface area contributed by atoms with Crippen LogP contribution in [0.4, 0.5) is 4.79 Å². The molecule has 0 bridgehead atoms. The molecule has 2 atom stereocenters. The van der Waals surface area contributed by atoms with Gasteiger partial charge in [-0.2, -0.15) is 0 Å². The number of benzene rings is 1. The lowest BCUT2D eigenvalue weighted by Crippen LogP contribution is -2.59. The van der Waals surface area contributed by atoms with Gasteiger partial charge in [-0.1, -0.05) is 37.5 Å². The summed E-state index contributed by atoms with van der Waals surface area (Å²) in [4.78, 5) is 56.5. The first kappa shape index (κ1) is 30.4. The van der Waals surface area contributed by atoms with Gasteiger partial charge >= 0.3 is 6.09 Å². The topological polar surface area (TPSA) is 124 Å². The summed E-state index contributed by atoms with van der Waals surface area (Å²) in [7, 11) is 2.99. The summed E-state index contributed by atoms with van der Waals surface area (Å²) in [6, 6.07) is 6.33. The van der Waals surface area contributed by atoms with Gasteiger partial charge in [0.1, 0.15) is 17.8 Å². The summed E-state index contributed by atoms with van der Waals surface area (Å²) < 4.78 is 7.34. The first-order valence-corrected chi connectivity index (χ1v) is 14.6. The van der Waals surface area contributed by atoms with Crippen LogP contribution in [0.5, 0.6) is 0 Å². The number of methoxy groups -OCH3 is 1. The molecule has 1 aliphatic heterocycles. The molecular weight excluding hydrogens is 526 g/mol. The third-order valence-electron chi connectivity index (χ3n) is 8.77. The maximum atomic E-state index is 13.8. The second-order valence-electron chi connectivity index (χ2n) is 11.2. The van der Waals surface area contributed by atoms with Gasteiger partial charge in [0.25, 0.3) is 5.91 Å². The molecule has 1 aliphatic carbocycles. The van der Waals surface area contributed by atoms with Gasteiger partial charge in [-0.05, 0) is 44.2 Å². The number of carboxylic acid groups (broad SMARTS) is 1. The van der Waals surface area contributed by atoms with Crippen LogP contribution in [-0.2, 0) is 20.9 Å². The van der Waals surface area contributed by atoms with Crippen molar-refractivity contribution in [2.24, 2.45) is 5.92 Å². The van der Waals surface area contributed by atoms with Crippen LogP contribution in [0, 0.1) is 12.8 Å². The Kier molecular flexibility index (Phi) is 9.90. The van der Waals surface area contributed by atoms with Crippen molar-refractivity contribution in [3.05, 3.63) is 35.5 Å². The summed E-state index contributed by atoms with van der Waals surface area (Å²) in [5.74, 6) is -0.703. The van der Waals surface area contributed by atoms with E-state index < -0.39 is 24.1 Å². The smallest absolute Gasteiger partial charge is 0.407 e. The molecule has 2 aromatic rings. The Bertz CT molecular complexity index is 1260. The first-order chi connectivity index (χ1) is 19.6. The molecule has 0 unspecified atom stereocenters. The number of aryl methyl sites for hydroxylation is 1. The zero-order valence-corrected chi connectivity index (χ0v) is 24.6. The highest BCUT2D eigenvalue weighted by Crippen LogP contribution is 2.29. The number of piperazine rings is 1. The number of para-hydroxylation sites is 1. The van der Waals surface area contributed by atoms with Crippen LogP contribution >= 0.6 is 0 Å². The summed E-state index contributed by atoms with van der Waals surface area (Å²) in [5, 5.41) is 13.2. The molecule has 224 valence electrons. The van der Waals surface area contributed by atoms with Gasteiger partial charge in [0.15, 0.2) is 0 Å². The number of hydrogen-bond acceptors (Lipinski definition) is 5. The second kappa shape index (κ2) is 13.4. The van der Waals surface area contributed by atoms with E-state index in [0.717, 1.165) is 53.5 Å². The van der Waals surface area contributed by atoms with E-state index in [0.29, 0.717) is 45.0 Å². The Morgan fingerprint density at radius 2 is 1.68 bits per heavy atom. The Labute approximate surface area is 241 Å². The lowest BCUT2D eigenvalue weighted by atomic mass is 9.83. The molecule has 1 aromatic heterocycles. The van der Waals surface area contributed by atoms with E-state index in [-0.39, 0.29) is 17.7 Å². The number of likely N-dealkylation sites (N-methyl/N-ethyl adjacent to an activating group) is 1. The van der Waals surface area contributed by atoms with Crippen molar-refractivity contribution >= 4 is 34.7 Å². The van der Waals surface area contributed by atoms with E-state index in [1.54, 1.807) is 16.9 Å². The normalized spacial score (nSPS) is 17.8. The van der Waals surface area contributed by atoms with Crippen LogP contribution in [0.3, 0.4) is 0 Å². The molecular formula is C30H43N5O6. The average Bonchev–Trinajstić information content (AvgIpc) is 3.28. The lowest BCUT2D eigenvalue weighted by Gasteiger charge is -2.39. The zero-order valence-electron chi connectivity index (χ0n) is 24.6. The van der Waals surface area contributed by atoms with E-state index in [9.17, 15) is 24.3 Å². The number of carbonyl (C=O) groups excluding carboxylic acids is 3. The Balaban J connectivity index is 1.48. The Morgan fingerprint density at radius 1 is 1.05 bits per heavy atom. The molecule has 1 aromatic carbocycles. The van der Waals surface area contributed by atoms with Gasteiger partial charge in [-0.25, -0.2) is 4.79 Å². The standard InChI is InChI=1S/C30H43N5O6/c1-20-23-12-8-9-13-24(23)35(18-19-41-4)26(20)29(38)34-16-14-33(15-17-34)28(37)25(22-10-6-5-7-11-22)31-27(36)21(2)32(3)30(39)40/h8-9,12-13,21-22,25H,5-7,10-11,14-19H2,1-4H3,(H,31,36)(H,39,40)/t21-,25-/m0/s1. The molecule has 2 N–H and O–H groups in total. The fourth-order valence-electron chi connectivity index (χ4n) is 6.11. The molecule has 2 aliphatic rings. The highest BCUT2D eigenvalue weighted by Gasteiger charge is 2.37. The van der Waals surface area contributed by atoms with Crippen molar-refractivity contribution in [1.29, 1.82) is 0 Å². The molecule has 4 rings (SSSR count). The number of nitrogens with one attached hydrogen (secondary N) is 1.